The van der Waals surface area contributed by atoms with E-state index >= 15 is 0 Å². The molecule has 1 aromatic carbocycles. The van der Waals surface area contributed by atoms with Crippen LogP contribution in [-0.2, 0) is 7.05 Å². The molecule has 1 heterocycles. The van der Waals surface area contributed by atoms with E-state index in [4.69, 9.17) is 10.6 Å². The molecule has 1 unspecified atom stereocenters. The minimum absolute atomic E-state index is 0.180. The monoisotopic (exact) mass is 246 g/mol. The highest BCUT2D eigenvalue weighted by molar-refractivity contribution is 5.42. The lowest BCUT2D eigenvalue weighted by atomic mass is 10.0. The molecule has 1 aromatic heterocycles. The average molecular weight is 246 g/mol. The second-order valence-electron chi connectivity index (χ2n) is 4.26. The normalized spacial score (nSPS) is 12.4. The van der Waals surface area contributed by atoms with Crippen LogP contribution < -0.4 is 16.0 Å². The molecule has 0 aliphatic rings. The molecule has 5 nitrogen and oxygen atoms in total. The molecule has 96 valence electrons. The van der Waals surface area contributed by atoms with Crippen LogP contribution in [0.1, 0.15) is 22.9 Å². The summed E-state index contributed by atoms with van der Waals surface area (Å²) in [7, 11) is 3.53. The van der Waals surface area contributed by atoms with Crippen LogP contribution in [-0.4, -0.2) is 16.9 Å². The summed E-state index contributed by atoms with van der Waals surface area (Å²) >= 11 is 0. The third-order valence-corrected chi connectivity index (χ3v) is 2.89. The van der Waals surface area contributed by atoms with Gasteiger partial charge in [-0.2, -0.15) is 5.10 Å². The molecule has 0 amide bonds. The second kappa shape index (κ2) is 5.20. The number of rotatable bonds is 4. The Hall–Kier alpha value is -1.85. The van der Waals surface area contributed by atoms with E-state index in [1.165, 1.54) is 0 Å². The molecule has 2 aromatic rings. The number of nitrogens with two attached hydrogens (primary N) is 1. The van der Waals surface area contributed by atoms with E-state index in [2.05, 4.69) is 16.6 Å². The summed E-state index contributed by atoms with van der Waals surface area (Å²) in [6, 6.07) is 7.76. The molecule has 0 saturated heterocycles. The summed E-state index contributed by atoms with van der Waals surface area (Å²) in [6.07, 6.45) is 1.89. The van der Waals surface area contributed by atoms with Crippen LogP contribution in [0.25, 0.3) is 0 Å². The molecule has 0 spiro atoms. The first-order valence-corrected chi connectivity index (χ1v) is 5.76. The quantitative estimate of drug-likeness (QED) is 0.630. The summed E-state index contributed by atoms with van der Waals surface area (Å²) in [5.74, 6) is 6.47. The van der Waals surface area contributed by atoms with Gasteiger partial charge in [-0.05, 0) is 19.1 Å². The van der Waals surface area contributed by atoms with Gasteiger partial charge in [0.2, 0.25) is 0 Å². The number of hydrogen-bond donors (Lipinski definition) is 2. The van der Waals surface area contributed by atoms with Crippen LogP contribution in [0, 0.1) is 6.92 Å². The van der Waals surface area contributed by atoms with E-state index in [1.807, 2.05) is 38.4 Å². The van der Waals surface area contributed by atoms with Gasteiger partial charge in [0.15, 0.2) is 0 Å². The number of hydrazine groups is 1. The third-order valence-electron chi connectivity index (χ3n) is 2.89. The first kappa shape index (κ1) is 12.6. The van der Waals surface area contributed by atoms with E-state index in [0.29, 0.717) is 0 Å². The topological polar surface area (TPSA) is 65.1 Å². The third kappa shape index (κ3) is 2.37. The number of benzene rings is 1. The zero-order chi connectivity index (χ0) is 13.1. The molecule has 3 N–H and O–H groups in total. The Kier molecular flexibility index (Phi) is 3.64. The standard InChI is InChI=1S/C13H18N4O/c1-9-4-5-12(18-3)10(8-9)13(15-14)11-6-7-17(2)16-11/h4-8,13,15H,14H2,1-3H3. The summed E-state index contributed by atoms with van der Waals surface area (Å²) in [5, 5.41) is 4.38. The van der Waals surface area contributed by atoms with Crippen molar-refractivity contribution in [1.82, 2.24) is 15.2 Å². The van der Waals surface area contributed by atoms with Crippen molar-refractivity contribution >= 4 is 0 Å². The summed E-state index contributed by atoms with van der Waals surface area (Å²) in [4.78, 5) is 0. The number of nitrogens with one attached hydrogen (secondary N) is 1. The molecule has 0 fully saturated rings. The number of aromatic nitrogens is 2. The first-order chi connectivity index (χ1) is 8.65. The van der Waals surface area contributed by atoms with Gasteiger partial charge >= 0.3 is 0 Å². The van der Waals surface area contributed by atoms with Crippen LogP contribution in [0.5, 0.6) is 5.75 Å². The van der Waals surface area contributed by atoms with Crippen molar-refractivity contribution in [1.29, 1.82) is 0 Å². The van der Waals surface area contributed by atoms with Gasteiger partial charge in [-0.15, -0.1) is 0 Å². The van der Waals surface area contributed by atoms with Gasteiger partial charge in [0.1, 0.15) is 5.75 Å². The van der Waals surface area contributed by atoms with Crippen molar-refractivity contribution in [3.63, 3.8) is 0 Å². The predicted molar refractivity (Wildman–Crippen MR) is 70.1 cm³/mol. The Bertz CT molecular complexity index is 536. The molecule has 2 rings (SSSR count). The number of ether oxygens (including phenoxy) is 1. The van der Waals surface area contributed by atoms with Crippen LogP contribution in [0.2, 0.25) is 0 Å². The van der Waals surface area contributed by atoms with E-state index in [-0.39, 0.29) is 6.04 Å². The lowest BCUT2D eigenvalue weighted by Gasteiger charge is -2.18. The van der Waals surface area contributed by atoms with E-state index in [0.717, 1.165) is 22.6 Å². The van der Waals surface area contributed by atoms with Crippen molar-refractivity contribution in [2.45, 2.75) is 13.0 Å². The maximum absolute atomic E-state index is 5.66. The average Bonchev–Trinajstić information content (AvgIpc) is 2.77. The Morgan fingerprint density at radius 2 is 2.17 bits per heavy atom. The van der Waals surface area contributed by atoms with Crippen molar-refractivity contribution in [2.24, 2.45) is 12.9 Å². The van der Waals surface area contributed by atoms with Crippen molar-refractivity contribution in [3.05, 3.63) is 47.3 Å². The first-order valence-electron chi connectivity index (χ1n) is 5.76. The minimum Gasteiger partial charge on any atom is -0.496 e. The molecule has 0 aliphatic carbocycles. The number of nitrogens with zero attached hydrogens (tertiary/aromatic N) is 2. The highest BCUT2D eigenvalue weighted by atomic mass is 16.5. The van der Waals surface area contributed by atoms with Crippen LogP contribution in [0.3, 0.4) is 0 Å². The molecular formula is C13H18N4O. The highest BCUT2D eigenvalue weighted by Crippen LogP contribution is 2.29. The van der Waals surface area contributed by atoms with E-state index < -0.39 is 0 Å². The van der Waals surface area contributed by atoms with Gasteiger partial charge < -0.3 is 4.74 Å². The molecule has 5 heteroatoms. The Labute approximate surface area is 107 Å². The smallest absolute Gasteiger partial charge is 0.124 e. The Balaban J connectivity index is 2.47. The highest BCUT2D eigenvalue weighted by Gasteiger charge is 2.19. The Morgan fingerprint density at radius 1 is 1.39 bits per heavy atom. The largest absolute Gasteiger partial charge is 0.496 e. The second-order valence-corrected chi connectivity index (χ2v) is 4.26. The van der Waals surface area contributed by atoms with Gasteiger partial charge in [-0.25, -0.2) is 5.43 Å². The fraction of sp³-hybridized carbons (Fsp3) is 0.308. The molecule has 1 atom stereocenters. The molecule has 0 aliphatic heterocycles. The zero-order valence-corrected chi connectivity index (χ0v) is 10.8. The van der Waals surface area contributed by atoms with Gasteiger partial charge in [0.05, 0.1) is 18.8 Å². The predicted octanol–water partition coefficient (Wildman–Crippen LogP) is 1.29. The molecular weight excluding hydrogens is 228 g/mol. The molecule has 0 radical (unpaired) electrons. The van der Waals surface area contributed by atoms with E-state index in [1.54, 1.807) is 11.8 Å². The molecule has 18 heavy (non-hydrogen) atoms. The van der Waals surface area contributed by atoms with Crippen molar-refractivity contribution in [3.8, 4) is 5.75 Å². The fourth-order valence-corrected chi connectivity index (χ4v) is 2.00. The minimum atomic E-state index is -0.180. The van der Waals surface area contributed by atoms with E-state index in [9.17, 15) is 0 Å². The number of hydrogen-bond acceptors (Lipinski definition) is 4. The zero-order valence-electron chi connectivity index (χ0n) is 10.8. The molecule has 0 saturated carbocycles. The maximum Gasteiger partial charge on any atom is 0.124 e. The van der Waals surface area contributed by atoms with Crippen LogP contribution >= 0.6 is 0 Å². The van der Waals surface area contributed by atoms with Crippen molar-refractivity contribution < 1.29 is 4.74 Å². The summed E-state index contributed by atoms with van der Waals surface area (Å²) in [6.45, 7) is 2.04. The van der Waals surface area contributed by atoms with Gasteiger partial charge in [0, 0.05) is 18.8 Å². The number of aryl methyl sites for hydroxylation is 2. The summed E-state index contributed by atoms with van der Waals surface area (Å²) in [5.41, 5.74) is 5.80. The molecule has 0 bridgehead atoms. The summed E-state index contributed by atoms with van der Waals surface area (Å²) < 4.78 is 7.13. The number of methoxy groups -OCH3 is 1. The van der Waals surface area contributed by atoms with Crippen LogP contribution in [0.4, 0.5) is 0 Å². The van der Waals surface area contributed by atoms with Crippen molar-refractivity contribution in [2.75, 3.05) is 7.11 Å². The fourth-order valence-electron chi connectivity index (χ4n) is 2.00. The SMILES string of the molecule is COc1ccc(C)cc1C(NN)c1ccn(C)n1. The lowest BCUT2D eigenvalue weighted by Crippen LogP contribution is -2.29. The van der Waals surface area contributed by atoms with Crippen LogP contribution in [0.15, 0.2) is 30.5 Å². The van der Waals surface area contributed by atoms with Gasteiger partial charge in [-0.3, -0.25) is 10.5 Å². The van der Waals surface area contributed by atoms with Gasteiger partial charge in [-0.1, -0.05) is 17.7 Å². The van der Waals surface area contributed by atoms with Gasteiger partial charge in [0.25, 0.3) is 0 Å². The Morgan fingerprint density at radius 3 is 2.72 bits per heavy atom. The maximum atomic E-state index is 5.66. The lowest BCUT2D eigenvalue weighted by molar-refractivity contribution is 0.403.